The lowest BCUT2D eigenvalue weighted by atomic mass is 10.1. The van der Waals surface area contributed by atoms with Crippen molar-refractivity contribution in [2.75, 3.05) is 0 Å². The summed E-state index contributed by atoms with van der Waals surface area (Å²) in [7, 11) is 0. The van der Waals surface area contributed by atoms with E-state index in [2.05, 4.69) is 34.9 Å². The third-order valence-electron chi connectivity index (χ3n) is 2.69. The molecule has 0 fully saturated rings. The average Bonchev–Trinajstić information content (AvgIpc) is 2.33. The minimum Gasteiger partial charge on any atom is -0.257 e. The second-order valence-electron chi connectivity index (χ2n) is 3.81. The standard InChI is InChI=1S/C13H15N3/c1-4-12-11(8-9(2)10(3)16-12)13-14-6-5-7-15-13/h5-8H,4H2,1-3H3. The van der Waals surface area contributed by atoms with Crippen LogP contribution >= 0.6 is 0 Å². The molecule has 2 aromatic rings. The van der Waals surface area contributed by atoms with Crippen molar-refractivity contribution in [3.63, 3.8) is 0 Å². The normalized spacial score (nSPS) is 10.4. The van der Waals surface area contributed by atoms with Gasteiger partial charge < -0.3 is 0 Å². The van der Waals surface area contributed by atoms with Crippen molar-refractivity contribution in [1.29, 1.82) is 0 Å². The SMILES string of the molecule is CCc1nc(C)c(C)cc1-c1ncccn1. The van der Waals surface area contributed by atoms with Crippen LogP contribution in [-0.2, 0) is 6.42 Å². The Balaban J connectivity index is 2.60. The van der Waals surface area contributed by atoms with Gasteiger partial charge in [-0.25, -0.2) is 9.97 Å². The van der Waals surface area contributed by atoms with Gasteiger partial charge in [0.1, 0.15) is 0 Å². The van der Waals surface area contributed by atoms with E-state index >= 15 is 0 Å². The van der Waals surface area contributed by atoms with E-state index in [9.17, 15) is 0 Å². The van der Waals surface area contributed by atoms with E-state index in [0.29, 0.717) is 0 Å². The van der Waals surface area contributed by atoms with Gasteiger partial charge in [-0.2, -0.15) is 0 Å². The monoisotopic (exact) mass is 213 g/mol. The molecule has 0 aliphatic rings. The van der Waals surface area contributed by atoms with Crippen molar-refractivity contribution in [3.8, 4) is 11.4 Å². The van der Waals surface area contributed by atoms with Crippen LogP contribution < -0.4 is 0 Å². The Kier molecular flexibility index (Phi) is 2.95. The van der Waals surface area contributed by atoms with E-state index in [-0.39, 0.29) is 0 Å². The number of pyridine rings is 1. The van der Waals surface area contributed by atoms with Crippen molar-refractivity contribution >= 4 is 0 Å². The number of aromatic nitrogens is 3. The van der Waals surface area contributed by atoms with Gasteiger partial charge in [0.15, 0.2) is 5.82 Å². The van der Waals surface area contributed by atoms with E-state index in [4.69, 9.17) is 0 Å². The lowest BCUT2D eigenvalue weighted by Crippen LogP contribution is -1.99. The van der Waals surface area contributed by atoms with E-state index in [1.165, 1.54) is 5.56 Å². The van der Waals surface area contributed by atoms with E-state index in [1.807, 2.05) is 13.0 Å². The van der Waals surface area contributed by atoms with Gasteiger partial charge in [-0.15, -0.1) is 0 Å². The first-order valence-electron chi connectivity index (χ1n) is 5.47. The fourth-order valence-electron chi connectivity index (χ4n) is 1.66. The Hall–Kier alpha value is -1.77. The molecule has 0 saturated carbocycles. The minimum atomic E-state index is 0.759. The Morgan fingerprint density at radius 3 is 2.44 bits per heavy atom. The highest BCUT2D eigenvalue weighted by molar-refractivity contribution is 5.59. The Labute approximate surface area is 95.6 Å². The summed E-state index contributed by atoms with van der Waals surface area (Å²) in [6.07, 6.45) is 4.42. The fourth-order valence-corrected chi connectivity index (χ4v) is 1.66. The molecule has 0 aliphatic heterocycles. The molecule has 0 atom stereocenters. The predicted octanol–water partition coefficient (Wildman–Crippen LogP) is 2.72. The molecule has 0 unspecified atom stereocenters. The van der Waals surface area contributed by atoms with Gasteiger partial charge >= 0.3 is 0 Å². The fraction of sp³-hybridized carbons (Fsp3) is 0.308. The molecule has 0 bridgehead atoms. The highest BCUT2D eigenvalue weighted by atomic mass is 14.9. The van der Waals surface area contributed by atoms with Crippen LogP contribution in [0.3, 0.4) is 0 Å². The summed E-state index contributed by atoms with van der Waals surface area (Å²) in [5.74, 6) is 0.759. The summed E-state index contributed by atoms with van der Waals surface area (Å²) in [6, 6.07) is 3.94. The third kappa shape index (κ3) is 1.94. The third-order valence-corrected chi connectivity index (χ3v) is 2.69. The molecule has 0 aromatic carbocycles. The molecule has 0 saturated heterocycles. The lowest BCUT2D eigenvalue weighted by molar-refractivity contribution is 0.985. The Bertz CT molecular complexity index is 492. The molecule has 3 nitrogen and oxygen atoms in total. The smallest absolute Gasteiger partial charge is 0.160 e. The van der Waals surface area contributed by atoms with Crippen LogP contribution in [0.5, 0.6) is 0 Å². The maximum atomic E-state index is 4.59. The van der Waals surface area contributed by atoms with E-state index in [1.54, 1.807) is 12.4 Å². The largest absolute Gasteiger partial charge is 0.257 e. The first-order valence-corrected chi connectivity index (χ1v) is 5.47. The molecular weight excluding hydrogens is 198 g/mol. The van der Waals surface area contributed by atoms with Crippen LogP contribution in [0.2, 0.25) is 0 Å². The number of hydrogen-bond donors (Lipinski definition) is 0. The predicted molar refractivity (Wildman–Crippen MR) is 64.1 cm³/mol. The summed E-state index contributed by atoms with van der Waals surface area (Å²) in [5.41, 5.74) is 4.37. The molecule has 0 spiro atoms. The molecule has 2 aromatic heterocycles. The van der Waals surface area contributed by atoms with Gasteiger partial charge in [0, 0.05) is 23.7 Å². The molecule has 0 radical (unpaired) electrons. The van der Waals surface area contributed by atoms with Gasteiger partial charge in [0.2, 0.25) is 0 Å². The molecule has 16 heavy (non-hydrogen) atoms. The van der Waals surface area contributed by atoms with Crippen LogP contribution in [0.25, 0.3) is 11.4 Å². The zero-order chi connectivity index (χ0) is 11.5. The van der Waals surface area contributed by atoms with Crippen LogP contribution in [0.4, 0.5) is 0 Å². The first kappa shape index (κ1) is 10.7. The molecule has 2 heterocycles. The molecule has 0 aliphatic carbocycles. The quantitative estimate of drug-likeness (QED) is 0.770. The van der Waals surface area contributed by atoms with Gasteiger partial charge in [0.25, 0.3) is 0 Å². The van der Waals surface area contributed by atoms with Gasteiger partial charge in [-0.3, -0.25) is 4.98 Å². The molecule has 82 valence electrons. The topological polar surface area (TPSA) is 38.7 Å². The van der Waals surface area contributed by atoms with Gasteiger partial charge in [-0.1, -0.05) is 6.92 Å². The molecule has 2 rings (SSSR count). The van der Waals surface area contributed by atoms with Crippen molar-refractivity contribution in [3.05, 3.63) is 41.5 Å². The van der Waals surface area contributed by atoms with Crippen LogP contribution in [0.15, 0.2) is 24.5 Å². The molecule has 0 amide bonds. The van der Waals surface area contributed by atoms with Crippen LogP contribution in [0, 0.1) is 13.8 Å². The highest BCUT2D eigenvalue weighted by Gasteiger charge is 2.09. The second kappa shape index (κ2) is 4.39. The Morgan fingerprint density at radius 2 is 1.81 bits per heavy atom. The van der Waals surface area contributed by atoms with E-state index in [0.717, 1.165) is 29.2 Å². The zero-order valence-corrected chi connectivity index (χ0v) is 9.86. The van der Waals surface area contributed by atoms with Gasteiger partial charge in [0.05, 0.1) is 5.69 Å². The summed E-state index contributed by atoms with van der Waals surface area (Å²) >= 11 is 0. The number of rotatable bonds is 2. The minimum absolute atomic E-state index is 0.759. The van der Waals surface area contributed by atoms with Crippen molar-refractivity contribution < 1.29 is 0 Å². The maximum Gasteiger partial charge on any atom is 0.160 e. The number of hydrogen-bond acceptors (Lipinski definition) is 3. The van der Waals surface area contributed by atoms with Gasteiger partial charge in [-0.05, 0) is 38.0 Å². The summed E-state index contributed by atoms with van der Waals surface area (Å²) in [5, 5.41) is 0. The average molecular weight is 213 g/mol. The molecular formula is C13H15N3. The van der Waals surface area contributed by atoms with E-state index < -0.39 is 0 Å². The van der Waals surface area contributed by atoms with Crippen molar-refractivity contribution in [2.24, 2.45) is 0 Å². The van der Waals surface area contributed by atoms with Crippen LogP contribution in [-0.4, -0.2) is 15.0 Å². The molecule has 3 heteroatoms. The molecule has 0 N–H and O–H groups in total. The second-order valence-corrected chi connectivity index (χ2v) is 3.81. The Morgan fingerprint density at radius 1 is 1.12 bits per heavy atom. The number of aryl methyl sites for hydroxylation is 3. The number of nitrogens with zero attached hydrogens (tertiary/aromatic N) is 3. The zero-order valence-electron chi connectivity index (χ0n) is 9.86. The van der Waals surface area contributed by atoms with Crippen molar-refractivity contribution in [1.82, 2.24) is 15.0 Å². The van der Waals surface area contributed by atoms with Crippen LogP contribution in [0.1, 0.15) is 23.9 Å². The maximum absolute atomic E-state index is 4.59. The lowest BCUT2D eigenvalue weighted by Gasteiger charge is -2.09. The van der Waals surface area contributed by atoms with Crippen molar-refractivity contribution in [2.45, 2.75) is 27.2 Å². The first-order chi connectivity index (χ1) is 7.72. The highest BCUT2D eigenvalue weighted by Crippen LogP contribution is 2.21. The summed E-state index contributed by atoms with van der Waals surface area (Å²) in [6.45, 7) is 6.20. The summed E-state index contributed by atoms with van der Waals surface area (Å²) < 4.78 is 0. The summed E-state index contributed by atoms with van der Waals surface area (Å²) in [4.78, 5) is 13.1.